The normalized spacial score (nSPS) is 11.5. The minimum Gasteiger partial charge on any atom is -0.456 e. The predicted octanol–water partition coefficient (Wildman–Crippen LogP) is 14.4. The van der Waals surface area contributed by atoms with E-state index in [1.165, 1.54) is 43.8 Å². The van der Waals surface area contributed by atoms with E-state index in [0.29, 0.717) is 0 Å². The van der Waals surface area contributed by atoms with Crippen molar-refractivity contribution in [3.63, 3.8) is 0 Å². The van der Waals surface area contributed by atoms with E-state index in [0.717, 1.165) is 50.1 Å². The van der Waals surface area contributed by atoms with E-state index < -0.39 is 0 Å². The van der Waals surface area contributed by atoms with Crippen LogP contribution in [-0.2, 0) is 0 Å². The van der Waals surface area contributed by atoms with Crippen molar-refractivity contribution in [2.24, 2.45) is 0 Å². The molecule has 0 aliphatic rings. The van der Waals surface area contributed by atoms with E-state index in [9.17, 15) is 0 Å². The standard InChI is InChI=1S/C50H33NO/c1-2-13-34(14-3-1)37-16-10-17-39(33-37)51(47-24-8-6-19-44(47)45-23-12-26-49-50(45)46-20-7-9-25-48(46)52-49)38-30-27-36(28-31-38)41-21-11-22-42-40-18-5-4-15-35(40)29-32-43(41)42/h1-33H. The third kappa shape index (κ3) is 5.04. The zero-order valence-electron chi connectivity index (χ0n) is 28.4. The zero-order valence-corrected chi connectivity index (χ0v) is 28.4. The van der Waals surface area contributed by atoms with Crippen LogP contribution in [0.5, 0.6) is 0 Å². The second kappa shape index (κ2) is 12.5. The second-order valence-electron chi connectivity index (χ2n) is 13.3. The highest BCUT2D eigenvalue weighted by Crippen LogP contribution is 2.45. The fourth-order valence-electron chi connectivity index (χ4n) is 7.86. The molecule has 0 amide bonds. The number of nitrogens with zero attached hydrogens (tertiary/aromatic N) is 1. The van der Waals surface area contributed by atoms with Crippen LogP contribution in [0.1, 0.15) is 0 Å². The van der Waals surface area contributed by atoms with Crippen LogP contribution in [0.25, 0.3) is 76.9 Å². The van der Waals surface area contributed by atoms with Crippen LogP contribution in [0.4, 0.5) is 17.1 Å². The Bertz CT molecular complexity index is 2900. The molecular weight excluding hydrogens is 631 g/mol. The van der Waals surface area contributed by atoms with Gasteiger partial charge in [0.2, 0.25) is 0 Å². The molecule has 0 fully saturated rings. The monoisotopic (exact) mass is 663 g/mol. The van der Waals surface area contributed by atoms with Crippen molar-refractivity contribution in [1.29, 1.82) is 0 Å². The minimum atomic E-state index is 0.887. The molecule has 0 unspecified atom stereocenters. The van der Waals surface area contributed by atoms with Gasteiger partial charge in [-0.05, 0) is 91.8 Å². The molecule has 0 radical (unpaired) electrons. The van der Waals surface area contributed by atoms with Gasteiger partial charge in [0.25, 0.3) is 0 Å². The van der Waals surface area contributed by atoms with Crippen molar-refractivity contribution in [3.05, 3.63) is 200 Å². The Kier molecular flexibility index (Phi) is 7.18. The first-order chi connectivity index (χ1) is 25.8. The zero-order chi connectivity index (χ0) is 34.4. The van der Waals surface area contributed by atoms with Crippen molar-refractivity contribution in [3.8, 4) is 33.4 Å². The van der Waals surface area contributed by atoms with Crippen molar-refractivity contribution in [1.82, 2.24) is 0 Å². The quantitative estimate of drug-likeness (QED) is 0.165. The van der Waals surface area contributed by atoms with Crippen LogP contribution in [-0.4, -0.2) is 0 Å². The molecule has 244 valence electrons. The largest absolute Gasteiger partial charge is 0.456 e. The van der Waals surface area contributed by atoms with Gasteiger partial charge in [-0.25, -0.2) is 0 Å². The van der Waals surface area contributed by atoms with E-state index in [2.05, 4.69) is 193 Å². The first kappa shape index (κ1) is 30.0. The lowest BCUT2D eigenvalue weighted by molar-refractivity contribution is 0.669. The van der Waals surface area contributed by atoms with Gasteiger partial charge in [0, 0.05) is 27.7 Å². The fraction of sp³-hybridized carbons (Fsp3) is 0. The summed E-state index contributed by atoms with van der Waals surface area (Å²) in [6.45, 7) is 0. The molecule has 0 aliphatic carbocycles. The minimum absolute atomic E-state index is 0.887. The van der Waals surface area contributed by atoms with Gasteiger partial charge in [0.15, 0.2) is 0 Å². The number of anilines is 3. The van der Waals surface area contributed by atoms with Crippen LogP contribution in [0.2, 0.25) is 0 Å². The Labute approximate surface area is 302 Å². The summed E-state index contributed by atoms with van der Waals surface area (Å²) in [5.74, 6) is 0. The number of hydrogen-bond acceptors (Lipinski definition) is 2. The van der Waals surface area contributed by atoms with E-state index in [1.54, 1.807) is 0 Å². The van der Waals surface area contributed by atoms with Crippen LogP contribution < -0.4 is 4.90 Å². The highest BCUT2D eigenvalue weighted by atomic mass is 16.3. The molecule has 0 atom stereocenters. The lowest BCUT2D eigenvalue weighted by Crippen LogP contribution is -2.11. The molecule has 9 aromatic carbocycles. The van der Waals surface area contributed by atoms with Gasteiger partial charge in [0.05, 0.1) is 5.69 Å². The summed E-state index contributed by atoms with van der Waals surface area (Å²) in [6, 6.07) is 71.7. The maximum Gasteiger partial charge on any atom is 0.136 e. The number of fused-ring (bicyclic) bond motifs is 6. The van der Waals surface area contributed by atoms with Gasteiger partial charge in [-0.1, -0.05) is 158 Å². The van der Waals surface area contributed by atoms with E-state index >= 15 is 0 Å². The summed E-state index contributed by atoms with van der Waals surface area (Å²) >= 11 is 0. The van der Waals surface area contributed by atoms with E-state index in [-0.39, 0.29) is 0 Å². The van der Waals surface area contributed by atoms with Gasteiger partial charge < -0.3 is 9.32 Å². The highest BCUT2D eigenvalue weighted by Gasteiger charge is 2.21. The molecule has 0 saturated carbocycles. The summed E-state index contributed by atoms with van der Waals surface area (Å²) in [5.41, 5.74) is 12.1. The fourth-order valence-corrected chi connectivity index (χ4v) is 7.86. The Morgan fingerprint density at radius 2 is 0.981 bits per heavy atom. The summed E-state index contributed by atoms with van der Waals surface area (Å²) in [4.78, 5) is 2.39. The predicted molar refractivity (Wildman–Crippen MR) is 220 cm³/mol. The van der Waals surface area contributed by atoms with Gasteiger partial charge >= 0.3 is 0 Å². The number of benzene rings is 9. The van der Waals surface area contributed by atoms with Gasteiger partial charge in [-0.3, -0.25) is 0 Å². The molecular formula is C50H33NO. The molecule has 0 N–H and O–H groups in total. The Morgan fingerprint density at radius 1 is 0.327 bits per heavy atom. The van der Waals surface area contributed by atoms with Crippen LogP contribution >= 0.6 is 0 Å². The maximum absolute atomic E-state index is 6.34. The summed E-state index contributed by atoms with van der Waals surface area (Å²) in [7, 11) is 0. The average Bonchev–Trinajstić information content (AvgIpc) is 3.61. The molecule has 0 aliphatic heterocycles. The first-order valence-corrected chi connectivity index (χ1v) is 17.8. The average molecular weight is 664 g/mol. The van der Waals surface area contributed by atoms with Gasteiger partial charge in [-0.15, -0.1) is 0 Å². The molecule has 0 saturated heterocycles. The van der Waals surface area contributed by atoms with Crippen molar-refractivity contribution < 1.29 is 4.42 Å². The van der Waals surface area contributed by atoms with Crippen LogP contribution in [0.15, 0.2) is 205 Å². The molecule has 10 aromatic rings. The van der Waals surface area contributed by atoms with Crippen LogP contribution in [0.3, 0.4) is 0 Å². The number of hydrogen-bond donors (Lipinski definition) is 0. The molecule has 1 aromatic heterocycles. The smallest absolute Gasteiger partial charge is 0.136 e. The molecule has 0 bridgehead atoms. The summed E-state index contributed by atoms with van der Waals surface area (Å²) in [6.07, 6.45) is 0. The van der Waals surface area contributed by atoms with Crippen molar-refractivity contribution in [2.45, 2.75) is 0 Å². The Hall–Kier alpha value is -6.90. The number of furan rings is 1. The van der Waals surface area contributed by atoms with Gasteiger partial charge in [-0.2, -0.15) is 0 Å². The lowest BCUT2D eigenvalue weighted by atomic mass is 9.94. The second-order valence-corrected chi connectivity index (χ2v) is 13.3. The van der Waals surface area contributed by atoms with E-state index in [1.807, 2.05) is 12.1 Å². The summed E-state index contributed by atoms with van der Waals surface area (Å²) in [5, 5.41) is 7.31. The van der Waals surface area contributed by atoms with Gasteiger partial charge in [0.1, 0.15) is 11.2 Å². The summed E-state index contributed by atoms with van der Waals surface area (Å²) < 4.78 is 6.34. The molecule has 1 heterocycles. The molecule has 52 heavy (non-hydrogen) atoms. The Morgan fingerprint density at radius 3 is 1.88 bits per heavy atom. The van der Waals surface area contributed by atoms with Crippen molar-refractivity contribution >= 4 is 60.5 Å². The maximum atomic E-state index is 6.34. The third-order valence-corrected chi connectivity index (χ3v) is 10.3. The van der Waals surface area contributed by atoms with E-state index in [4.69, 9.17) is 4.42 Å². The molecule has 10 rings (SSSR count). The SMILES string of the molecule is c1ccc(-c2cccc(N(c3ccc(-c4cccc5c4ccc4ccccc45)cc3)c3ccccc3-c3cccc4oc5ccccc5c34)c2)cc1. The van der Waals surface area contributed by atoms with Crippen LogP contribution in [0, 0.1) is 0 Å². The van der Waals surface area contributed by atoms with Crippen molar-refractivity contribution in [2.75, 3.05) is 4.90 Å². The highest BCUT2D eigenvalue weighted by molar-refractivity contribution is 6.14. The molecule has 0 spiro atoms. The number of rotatable bonds is 6. The molecule has 2 nitrogen and oxygen atoms in total. The lowest BCUT2D eigenvalue weighted by Gasteiger charge is -2.28. The number of para-hydroxylation sites is 2. The topological polar surface area (TPSA) is 16.4 Å². The third-order valence-electron chi connectivity index (χ3n) is 10.3. The molecule has 2 heteroatoms. The Balaban J connectivity index is 1.16. The first-order valence-electron chi connectivity index (χ1n) is 17.8.